The molecule has 0 aliphatic heterocycles. The lowest BCUT2D eigenvalue weighted by atomic mass is 10.2. The monoisotopic (exact) mass is 286 g/mol. The molecule has 0 aliphatic rings. The van der Waals surface area contributed by atoms with Crippen molar-refractivity contribution in [3.05, 3.63) is 36.9 Å². The van der Waals surface area contributed by atoms with E-state index in [4.69, 9.17) is 0 Å². The summed E-state index contributed by atoms with van der Waals surface area (Å²) in [6.07, 6.45) is 5.41. The summed E-state index contributed by atoms with van der Waals surface area (Å²) < 4.78 is 15.2. The Morgan fingerprint density at radius 1 is 1.24 bits per heavy atom. The van der Waals surface area contributed by atoms with Gasteiger partial charge in [0.05, 0.1) is 11.8 Å². The van der Waals surface area contributed by atoms with Gasteiger partial charge in [-0.2, -0.15) is 24.7 Å². The van der Waals surface area contributed by atoms with Crippen LogP contribution < -0.4 is 5.32 Å². The first-order chi connectivity index (χ1) is 10.3. The van der Waals surface area contributed by atoms with Crippen molar-refractivity contribution in [2.45, 2.75) is 6.92 Å². The van der Waals surface area contributed by atoms with Crippen LogP contribution in [0.2, 0.25) is 0 Å². The first kappa shape index (κ1) is 13.0. The molecule has 3 rings (SSSR count). The summed E-state index contributed by atoms with van der Waals surface area (Å²) in [5.74, 6) is 0.288. The number of hydrogen-bond donors (Lipinski definition) is 1. The summed E-state index contributed by atoms with van der Waals surface area (Å²) in [5, 5.41) is 6.94. The van der Waals surface area contributed by atoms with Crippen LogP contribution in [0.3, 0.4) is 0 Å². The summed E-state index contributed by atoms with van der Waals surface area (Å²) >= 11 is 0. The molecule has 0 saturated heterocycles. The Bertz CT molecular complexity index is 743. The van der Waals surface area contributed by atoms with Gasteiger partial charge in [0.2, 0.25) is 5.95 Å². The molecule has 9 heteroatoms. The number of hydrogen-bond acceptors (Lipinski definition) is 7. The third-order valence-electron chi connectivity index (χ3n) is 2.60. The lowest BCUT2D eigenvalue weighted by molar-refractivity contribution is 0.623. The maximum Gasteiger partial charge on any atom is 0.257 e. The van der Waals surface area contributed by atoms with E-state index in [9.17, 15) is 4.39 Å². The molecule has 3 aromatic rings. The van der Waals surface area contributed by atoms with Gasteiger partial charge in [0.25, 0.3) is 5.95 Å². The van der Waals surface area contributed by atoms with Crippen molar-refractivity contribution in [1.82, 2.24) is 34.7 Å². The molecule has 0 bridgehead atoms. The molecule has 8 nitrogen and oxygen atoms in total. The molecule has 3 aromatic heterocycles. The molecule has 0 atom stereocenters. The topological polar surface area (TPSA) is 94.3 Å². The fourth-order valence-electron chi connectivity index (χ4n) is 1.69. The van der Waals surface area contributed by atoms with E-state index >= 15 is 0 Å². The van der Waals surface area contributed by atoms with E-state index in [-0.39, 0.29) is 17.3 Å². The second-order valence-corrected chi connectivity index (χ2v) is 4.01. The van der Waals surface area contributed by atoms with Crippen LogP contribution in [0.15, 0.2) is 31.1 Å². The highest BCUT2D eigenvalue weighted by Crippen LogP contribution is 2.19. The average molecular weight is 286 g/mol. The van der Waals surface area contributed by atoms with Crippen LogP contribution in [0.4, 0.5) is 10.3 Å². The fourth-order valence-corrected chi connectivity index (χ4v) is 1.69. The first-order valence-corrected chi connectivity index (χ1v) is 6.22. The first-order valence-electron chi connectivity index (χ1n) is 6.22. The lowest BCUT2D eigenvalue weighted by Gasteiger charge is -2.07. The van der Waals surface area contributed by atoms with E-state index in [0.717, 1.165) is 6.20 Å². The van der Waals surface area contributed by atoms with Gasteiger partial charge in [-0.05, 0) is 13.0 Å². The highest BCUT2D eigenvalue weighted by atomic mass is 19.1. The van der Waals surface area contributed by atoms with Crippen molar-refractivity contribution < 1.29 is 4.39 Å². The van der Waals surface area contributed by atoms with Gasteiger partial charge in [0.1, 0.15) is 12.7 Å². The zero-order chi connectivity index (χ0) is 14.7. The molecule has 106 valence electrons. The van der Waals surface area contributed by atoms with E-state index in [1.165, 1.54) is 29.6 Å². The second kappa shape index (κ2) is 5.57. The van der Waals surface area contributed by atoms with Gasteiger partial charge in [-0.1, -0.05) is 0 Å². The zero-order valence-corrected chi connectivity index (χ0v) is 11.1. The van der Waals surface area contributed by atoms with Crippen molar-refractivity contribution >= 4 is 5.95 Å². The molecule has 0 spiro atoms. The predicted octanol–water partition coefficient (Wildman–Crippen LogP) is 1.09. The minimum atomic E-state index is -0.504. The summed E-state index contributed by atoms with van der Waals surface area (Å²) in [7, 11) is 0. The van der Waals surface area contributed by atoms with Crippen LogP contribution in [0.1, 0.15) is 6.92 Å². The van der Waals surface area contributed by atoms with Gasteiger partial charge in [-0.15, -0.1) is 0 Å². The number of rotatable bonds is 4. The highest BCUT2D eigenvalue weighted by Gasteiger charge is 2.13. The number of nitrogens with one attached hydrogen (secondary N) is 1. The molecule has 1 N–H and O–H groups in total. The van der Waals surface area contributed by atoms with Crippen LogP contribution in [0.25, 0.3) is 17.3 Å². The molecule has 0 amide bonds. The van der Waals surface area contributed by atoms with E-state index < -0.39 is 5.82 Å². The molecule has 0 aliphatic carbocycles. The number of halogens is 1. The summed E-state index contributed by atoms with van der Waals surface area (Å²) in [4.78, 5) is 20.2. The van der Waals surface area contributed by atoms with Crippen molar-refractivity contribution in [3.8, 4) is 17.3 Å². The molecule has 21 heavy (non-hydrogen) atoms. The van der Waals surface area contributed by atoms with Crippen LogP contribution in [0.5, 0.6) is 0 Å². The maximum atomic E-state index is 13.8. The number of nitrogens with zero attached hydrogens (tertiary/aromatic N) is 7. The van der Waals surface area contributed by atoms with Gasteiger partial charge in [0, 0.05) is 12.7 Å². The van der Waals surface area contributed by atoms with E-state index in [1.54, 1.807) is 0 Å². The number of aromatic nitrogens is 7. The largest absolute Gasteiger partial charge is 0.354 e. The molecule has 0 saturated carbocycles. The van der Waals surface area contributed by atoms with E-state index in [1.807, 2.05) is 6.92 Å². The summed E-state index contributed by atoms with van der Waals surface area (Å²) in [6.45, 7) is 2.53. The molecular weight excluding hydrogens is 275 g/mol. The normalized spacial score (nSPS) is 10.6. The number of pyridine rings is 1. The maximum absolute atomic E-state index is 13.8. The Hall–Kier alpha value is -2.97. The van der Waals surface area contributed by atoms with Crippen molar-refractivity contribution in [2.24, 2.45) is 0 Å². The molecule has 0 unspecified atom stereocenters. The second-order valence-electron chi connectivity index (χ2n) is 4.01. The third-order valence-corrected chi connectivity index (χ3v) is 2.60. The van der Waals surface area contributed by atoms with Crippen molar-refractivity contribution in [1.29, 1.82) is 0 Å². The SMILES string of the molecule is CCNc1nc(-c2ccncc2F)nc(-n2cncn2)n1. The van der Waals surface area contributed by atoms with Crippen LogP contribution in [0, 0.1) is 5.82 Å². The summed E-state index contributed by atoms with van der Waals surface area (Å²) in [5.41, 5.74) is 0.243. The zero-order valence-electron chi connectivity index (χ0n) is 11.1. The number of anilines is 1. The average Bonchev–Trinajstić information content (AvgIpc) is 3.02. The Kier molecular flexibility index (Phi) is 3.46. The van der Waals surface area contributed by atoms with Gasteiger partial charge < -0.3 is 5.32 Å². The lowest BCUT2D eigenvalue weighted by Crippen LogP contribution is -2.10. The standard InChI is InChI=1S/C12H11FN8/c1-2-16-11-18-10(8-3-4-14-5-9(8)13)19-12(20-11)21-7-15-6-17-21/h3-7H,2H2,1H3,(H,16,18,19,20). The van der Waals surface area contributed by atoms with E-state index in [2.05, 4.69) is 35.3 Å². The predicted molar refractivity (Wildman–Crippen MR) is 72.1 cm³/mol. The Labute approximate surface area is 119 Å². The molecule has 3 heterocycles. The van der Waals surface area contributed by atoms with Gasteiger partial charge in [-0.3, -0.25) is 4.98 Å². The van der Waals surface area contributed by atoms with Crippen LogP contribution in [-0.4, -0.2) is 41.2 Å². The van der Waals surface area contributed by atoms with Gasteiger partial charge in [0.15, 0.2) is 11.6 Å². The molecule has 0 radical (unpaired) electrons. The minimum absolute atomic E-state index is 0.200. The van der Waals surface area contributed by atoms with Crippen LogP contribution >= 0.6 is 0 Å². The fraction of sp³-hybridized carbons (Fsp3) is 0.167. The van der Waals surface area contributed by atoms with Gasteiger partial charge >= 0.3 is 0 Å². The quantitative estimate of drug-likeness (QED) is 0.767. The van der Waals surface area contributed by atoms with Crippen molar-refractivity contribution in [2.75, 3.05) is 11.9 Å². The highest BCUT2D eigenvalue weighted by molar-refractivity contribution is 5.56. The molecule has 0 aromatic carbocycles. The van der Waals surface area contributed by atoms with Crippen LogP contribution in [-0.2, 0) is 0 Å². The summed E-state index contributed by atoms with van der Waals surface area (Å²) in [6, 6.07) is 1.51. The van der Waals surface area contributed by atoms with Gasteiger partial charge in [-0.25, -0.2) is 9.37 Å². The van der Waals surface area contributed by atoms with E-state index in [0.29, 0.717) is 12.5 Å². The Balaban J connectivity index is 2.14. The molecular formula is C12H11FN8. The molecule has 0 fully saturated rings. The Morgan fingerprint density at radius 2 is 2.14 bits per heavy atom. The third kappa shape index (κ3) is 2.66. The van der Waals surface area contributed by atoms with Crippen molar-refractivity contribution in [3.63, 3.8) is 0 Å². The Morgan fingerprint density at radius 3 is 2.86 bits per heavy atom. The minimum Gasteiger partial charge on any atom is -0.354 e. The smallest absolute Gasteiger partial charge is 0.257 e.